The Hall–Kier alpha value is -1.15. The number of aryl methyl sites for hydroxylation is 1. The lowest BCUT2D eigenvalue weighted by Crippen LogP contribution is -2.39. The van der Waals surface area contributed by atoms with Crippen LogP contribution in [-0.2, 0) is 21.2 Å². The zero-order valence-electron chi connectivity index (χ0n) is 16.5. The van der Waals surface area contributed by atoms with Gasteiger partial charge in [0.25, 0.3) is 0 Å². The molecule has 0 bridgehead atoms. The molecule has 2 aliphatic rings. The summed E-state index contributed by atoms with van der Waals surface area (Å²) in [5.41, 5.74) is 0.998. The minimum absolute atomic E-state index is 0. The topological polar surface area (TPSA) is 78.5 Å². The summed E-state index contributed by atoms with van der Waals surface area (Å²) < 4.78 is 27.0. The maximum atomic E-state index is 12.5. The normalized spacial score (nSPS) is 18.0. The van der Waals surface area contributed by atoms with E-state index in [1.54, 1.807) is 12.1 Å². The standard InChI is InChI=1S/C20H31N3O3S.ClH/c1-21-13-10-17-11-14-23(15-12-17)20(24)9-4-16-2-7-19(8-3-16)27(25,26)22-18-5-6-18;/h2-3,7-8,17-18,21-22H,4-6,9-15H2,1H3;1H. The molecule has 158 valence electrons. The smallest absolute Gasteiger partial charge is 0.240 e. The number of benzene rings is 1. The molecule has 6 nitrogen and oxygen atoms in total. The maximum absolute atomic E-state index is 12.5. The van der Waals surface area contributed by atoms with Gasteiger partial charge in [-0.05, 0) is 75.7 Å². The first-order chi connectivity index (χ1) is 13.0. The predicted molar refractivity (Wildman–Crippen MR) is 113 cm³/mol. The monoisotopic (exact) mass is 429 g/mol. The first-order valence-corrected chi connectivity index (χ1v) is 11.5. The number of amides is 1. The van der Waals surface area contributed by atoms with Crippen LogP contribution in [-0.4, -0.2) is 51.9 Å². The molecule has 1 aliphatic carbocycles. The SMILES string of the molecule is CNCCC1CCN(C(=O)CCc2ccc(S(=O)(=O)NC3CC3)cc2)CC1.Cl. The van der Waals surface area contributed by atoms with Crippen molar-refractivity contribution < 1.29 is 13.2 Å². The Kier molecular flexibility index (Phi) is 8.74. The third-order valence-corrected chi connectivity index (χ3v) is 7.07. The molecule has 8 heteroatoms. The fourth-order valence-electron chi connectivity index (χ4n) is 3.55. The molecule has 2 fully saturated rings. The quantitative estimate of drug-likeness (QED) is 0.631. The predicted octanol–water partition coefficient (Wildman–Crippen LogP) is 2.33. The summed E-state index contributed by atoms with van der Waals surface area (Å²) in [7, 11) is -1.43. The van der Waals surface area contributed by atoms with E-state index >= 15 is 0 Å². The van der Waals surface area contributed by atoms with Crippen molar-refractivity contribution >= 4 is 28.3 Å². The molecule has 0 aromatic heterocycles. The number of carbonyl (C=O) groups excluding carboxylic acids is 1. The molecule has 0 radical (unpaired) electrons. The minimum Gasteiger partial charge on any atom is -0.343 e. The van der Waals surface area contributed by atoms with Crippen molar-refractivity contribution in [1.82, 2.24) is 14.9 Å². The van der Waals surface area contributed by atoms with E-state index in [0.29, 0.717) is 17.7 Å². The van der Waals surface area contributed by atoms with Crippen molar-refractivity contribution in [3.05, 3.63) is 29.8 Å². The van der Waals surface area contributed by atoms with Crippen LogP contribution in [0.5, 0.6) is 0 Å². The number of sulfonamides is 1. The molecule has 0 atom stereocenters. The fourth-order valence-corrected chi connectivity index (χ4v) is 4.86. The average Bonchev–Trinajstić information content (AvgIpc) is 3.48. The number of hydrogen-bond acceptors (Lipinski definition) is 4. The number of carbonyl (C=O) groups is 1. The summed E-state index contributed by atoms with van der Waals surface area (Å²) in [5, 5.41) is 3.19. The van der Waals surface area contributed by atoms with Crippen LogP contribution in [0.15, 0.2) is 29.2 Å². The largest absolute Gasteiger partial charge is 0.343 e. The lowest BCUT2D eigenvalue weighted by molar-refractivity contribution is -0.132. The molecule has 28 heavy (non-hydrogen) atoms. The molecule has 1 heterocycles. The first-order valence-electron chi connectivity index (χ1n) is 10.0. The third kappa shape index (κ3) is 6.72. The second-order valence-electron chi connectivity index (χ2n) is 7.76. The van der Waals surface area contributed by atoms with Gasteiger partial charge in [-0.25, -0.2) is 13.1 Å². The Balaban J connectivity index is 0.00000280. The summed E-state index contributed by atoms with van der Waals surface area (Å²) in [4.78, 5) is 14.7. The van der Waals surface area contributed by atoms with Gasteiger partial charge in [0.15, 0.2) is 0 Å². The van der Waals surface area contributed by atoms with Crippen LogP contribution in [0.2, 0.25) is 0 Å². The van der Waals surface area contributed by atoms with E-state index in [9.17, 15) is 13.2 Å². The number of rotatable bonds is 9. The van der Waals surface area contributed by atoms with Crippen LogP contribution in [0.25, 0.3) is 0 Å². The molecule has 0 spiro atoms. The van der Waals surface area contributed by atoms with Crippen molar-refractivity contribution in [3.8, 4) is 0 Å². The number of halogens is 1. The highest BCUT2D eigenvalue weighted by Crippen LogP contribution is 2.23. The molecule has 1 aromatic rings. The molecule has 1 saturated heterocycles. The first kappa shape index (κ1) is 23.1. The second-order valence-corrected chi connectivity index (χ2v) is 9.47. The van der Waals surface area contributed by atoms with Gasteiger partial charge in [0.05, 0.1) is 4.90 Å². The van der Waals surface area contributed by atoms with Crippen molar-refractivity contribution in [2.75, 3.05) is 26.7 Å². The van der Waals surface area contributed by atoms with Gasteiger partial charge in [-0.15, -0.1) is 12.4 Å². The van der Waals surface area contributed by atoms with Crippen molar-refractivity contribution in [3.63, 3.8) is 0 Å². The lowest BCUT2D eigenvalue weighted by atomic mass is 9.93. The van der Waals surface area contributed by atoms with Gasteiger partial charge in [-0.2, -0.15) is 0 Å². The van der Waals surface area contributed by atoms with Gasteiger partial charge >= 0.3 is 0 Å². The van der Waals surface area contributed by atoms with Crippen LogP contribution in [0, 0.1) is 5.92 Å². The number of nitrogens with zero attached hydrogens (tertiary/aromatic N) is 1. The molecule has 0 unspecified atom stereocenters. The Morgan fingerprint density at radius 3 is 2.32 bits per heavy atom. The van der Waals surface area contributed by atoms with Gasteiger partial charge in [0, 0.05) is 25.6 Å². The molecule has 1 saturated carbocycles. The van der Waals surface area contributed by atoms with Gasteiger partial charge in [-0.3, -0.25) is 4.79 Å². The van der Waals surface area contributed by atoms with Crippen LogP contribution in [0.4, 0.5) is 0 Å². The summed E-state index contributed by atoms with van der Waals surface area (Å²) in [5.74, 6) is 0.925. The lowest BCUT2D eigenvalue weighted by Gasteiger charge is -2.32. The van der Waals surface area contributed by atoms with Crippen LogP contribution >= 0.6 is 12.4 Å². The van der Waals surface area contributed by atoms with E-state index in [1.165, 1.54) is 6.42 Å². The Morgan fingerprint density at radius 2 is 1.75 bits per heavy atom. The fraction of sp³-hybridized carbons (Fsp3) is 0.650. The summed E-state index contributed by atoms with van der Waals surface area (Å²) in [6.45, 7) is 2.76. The summed E-state index contributed by atoms with van der Waals surface area (Å²) in [6.07, 6.45) is 6.34. The Morgan fingerprint density at radius 1 is 1.11 bits per heavy atom. The second kappa shape index (κ2) is 10.6. The zero-order chi connectivity index (χ0) is 19.3. The van der Waals surface area contributed by atoms with E-state index in [0.717, 1.165) is 56.8 Å². The zero-order valence-corrected chi connectivity index (χ0v) is 18.2. The van der Waals surface area contributed by atoms with Gasteiger partial charge in [0.1, 0.15) is 0 Å². The minimum atomic E-state index is -3.40. The van der Waals surface area contributed by atoms with E-state index in [4.69, 9.17) is 0 Å². The van der Waals surface area contributed by atoms with E-state index in [-0.39, 0.29) is 24.4 Å². The Bertz CT molecular complexity index is 728. The van der Waals surface area contributed by atoms with Crippen LogP contribution < -0.4 is 10.0 Å². The van der Waals surface area contributed by atoms with E-state index in [2.05, 4.69) is 10.0 Å². The summed E-state index contributed by atoms with van der Waals surface area (Å²) in [6, 6.07) is 7.02. The molecular weight excluding hydrogens is 398 g/mol. The molecule has 2 N–H and O–H groups in total. The molecule has 1 aliphatic heterocycles. The van der Waals surface area contributed by atoms with Crippen molar-refractivity contribution in [2.45, 2.75) is 55.9 Å². The van der Waals surface area contributed by atoms with Crippen molar-refractivity contribution in [1.29, 1.82) is 0 Å². The molecule has 3 rings (SSSR count). The maximum Gasteiger partial charge on any atom is 0.240 e. The third-order valence-electron chi connectivity index (χ3n) is 5.53. The number of hydrogen-bond donors (Lipinski definition) is 2. The van der Waals surface area contributed by atoms with Crippen LogP contribution in [0.3, 0.4) is 0 Å². The highest BCUT2D eigenvalue weighted by Gasteiger charge is 2.28. The number of piperidine rings is 1. The molecule has 1 aromatic carbocycles. The van der Waals surface area contributed by atoms with Crippen LogP contribution in [0.1, 0.15) is 44.1 Å². The number of likely N-dealkylation sites (tertiary alicyclic amines) is 1. The van der Waals surface area contributed by atoms with E-state index in [1.807, 2.05) is 24.1 Å². The number of nitrogens with one attached hydrogen (secondary N) is 2. The average molecular weight is 430 g/mol. The van der Waals surface area contributed by atoms with Gasteiger partial charge < -0.3 is 10.2 Å². The Labute approximate surface area is 174 Å². The highest BCUT2D eigenvalue weighted by atomic mass is 35.5. The highest BCUT2D eigenvalue weighted by molar-refractivity contribution is 7.89. The molecule has 1 amide bonds. The summed E-state index contributed by atoms with van der Waals surface area (Å²) >= 11 is 0. The molecular formula is C20H32ClN3O3S. The van der Waals surface area contributed by atoms with Gasteiger partial charge in [0.2, 0.25) is 15.9 Å². The van der Waals surface area contributed by atoms with Gasteiger partial charge in [-0.1, -0.05) is 12.1 Å². The van der Waals surface area contributed by atoms with Crippen molar-refractivity contribution in [2.24, 2.45) is 5.92 Å². The van der Waals surface area contributed by atoms with E-state index < -0.39 is 10.0 Å².